The first-order valence-corrected chi connectivity index (χ1v) is 5.84. The zero-order valence-electron chi connectivity index (χ0n) is 9.11. The molecule has 0 spiro atoms. The molecule has 1 fully saturated rings. The highest BCUT2D eigenvalue weighted by Crippen LogP contribution is 2.20. The van der Waals surface area contributed by atoms with Gasteiger partial charge in [0.1, 0.15) is 5.70 Å². The summed E-state index contributed by atoms with van der Waals surface area (Å²) in [6.45, 7) is 4.17. The average Bonchev–Trinajstić information content (AvgIpc) is 2.74. The van der Waals surface area contributed by atoms with Gasteiger partial charge < -0.3 is 5.32 Å². The van der Waals surface area contributed by atoms with Gasteiger partial charge in [-0.1, -0.05) is 0 Å². The van der Waals surface area contributed by atoms with Crippen LogP contribution in [0.1, 0.15) is 16.7 Å². The number of urea groups is 1. The smallest absolute Gasteiger partial charge is 0.303 e. The van der Waals surface area contributed by atoms with Crippen LogP contribution in [0.2, 0.25) is 0 Å². The van der Waals surface area contributed by atoms with E-state index < -0.39 is 0 Å². The number of nitrogens with zero attached hydrogens (tertiary/aromatic N) is 1. The fraction of sp³-hybridized carbons (Fsp3) is 0.273. The number of aryl methyl sites for hydroxylation is 1. The lowest BCUT2D eigenvalue weighted by atomic mass is 10.3. The first-order chi connectivity index (χ1) is 7.61. The number of carbonyl (C=O) groups excluding carboxylic acids is 2. The second-order valence-electron chi connectivity index (χ2n) is 3.49. The first-order valence-electron chi connectivity index (χ1n) is 5.03. The fourth-order valence-electron chi connectivity index (χ4n) is 1.53. The average molecular weight is 236 g/mol. The summed E-state index contributed by atoms with van der Waals surface area (Å²) < 4.78 is 0. The fourth-order valence-corrected chi connectivity index (χ4v) is 2.35. The molecule has 0 radical (unpaired) electrons. The van der Waals surface area contributed by atoms with Gasteiger partial charge in [-0.05, 0) is 32.1 Å². The van der Waals surface area contributed by atoms with Crippen LogP contribution in [0, 0.1) is 6.92 Å². The van der Waals surface area contributed by atoms with Gasteiger partial charge in [-0.3, -0.25) is 9.69 Å². The van der Waals surface area contributed by atoms with Crippen molar-refractivity contribution in [3.63, 3.8) is 0 Å². The molecule has 1 aliphatic rings. The first kappa shape index (κ1) is 10.9. The highest BCUT2D eigenvalue weighted by atomic mass is 32.1. The molecule has 0 aromatic carbocycles. The summed E-state index contributed by atoms with van der Waals surface area (Å²) in [7, 11) is 0. The summed E-state index contributed by atoms with van der Waals surface area (Å²) in [5.74, 6) is -0.251. The Morgan fingerprint density at radius 2 is 2.19 bits per heavy atom. The number of likely N-dealkylation sites (N-methyl/N-ethyl adjacent to an activating group) is 1. The molecule has 0 atom stereocenters. The standard InChI is InChI=1S/C11H12N2O2S/c1-3-13-10(14)9(12-11(13)15)6-8-5-4-7(2)16-8/h4-6H,3H2,1-2H3,(H,12,15)/b9-6-. The van der Waals surface area contributed by atoms with Crippen molar-refractivity contribution in [3.8, 4) is 0 Å². The molecule has 0 bridgehead atoms. The molecular weight excluding hydrogens is 224 g/mol. The van der Waals surface area contributed by atoms with Crippen molar-refractivity contribution in [1.82, 2.24) is 10.2 Å². The van der Waals surface area contributed by atoms with Crippen molar-refractivity contribution >= 4 is 29.4 Å². The Morgan fingerprint density at radius 1 is 1.44 bits per heavy atom. The normalized spacial score (nSPS) is 18.4. The van der Waals surface area contributed by atoms with Crippen LogP contribution in [-0.2, 0) is 4.79 Å². The maximum Gasteiger partial charge on any atom is 0.328 e. The van der Waals surface area contributed by atoms with Crippen molar-refractivity contribution in [2.45, 2.75) is 13.8 Å². The van der Waals surface area contributed by atoms with Crippen molar-refractivity contribution in [2.75, 3.05) is 6.54 Å². The van der Waals surface area contributed by atoms with E-state index in [4.69, 9.17) is 0 Å². The second kappa shape index (κ2) is 4.09. The minimum atomic E-state index is -0.341. The maximum absolute atomic E-state index is 11.7. The quantitative estimate of drug-likeness (QED) is 0.630. The molecule has 0 aliphatic carbocycles. The number of nitrogens with one attached hydrogen (secondary N) is 1. The summed E-state index contributed by atoms with van der Waals surface area (Å²) in [5, 5.41) is 2.57. The van der Waals surface area contributed by atoms with E-state index in [-0.39, 0.29) is 11.9 Å². The molecule has 5 heteroatoms. The zero-order valence-corrected chi connectivity index (χ0v) is 9.93. The SMILES string of the molecule is CCN1C(=O)N/C(=C\c2ccc(C)s2)C1=O. The molecule has 16 heavy (non-hydrogen) atoms. The lowest BCUT2D eigenvalue weighted by molar-refractivity contribution is -0.122. The summed E-state index contributed by atoms with van der Waals surface area (Å²) >= 11 is 1.59. The third-order valence-corrected chi connectivity index (χ3v) is 3.27. The van der Waals surface area contributed by atoms with Crippen LogP contribution in [-0.4, -0.2) is 23.4 Å². The Balaban J connectivity index is 2.27. The van der Waals surface area contributed by atoms with Gasteiger partial charge in [0.15, 0.2) is 0 Å². The van der Waals surface area contributed by atoms with Crippen molar-refractivity contribution < 1.29 is 9.59 Å². The van der Waals surface area contributed by atoms with E-state index >= 15 is 0 Å². The van der Waals surface area contributed by atoms with Gasteiger partial charge in [0.25, 0.3) is 5.91 Å². The van der Waals surface area contributed by atoms with Crippen LogP contribution in [0.3, 0.4) is 0 Å². The van der Waals surface area contributed by atoms with Gasteiger partial charge >= 0.3 is 6.03 Å². The number of imide groups is 1. The van der Waals surface area contributed by atoms with Gasteiger partial charge in [-0.25, -0.2) is 4.79 Å². The molecule has 1 N–H and O–H groups in total. The molecule has 0 unspecified atom stereocenters. The molecule has 84 valence electrons. The van der Waals surface area contributed by atoms with Crippen molar-refractivity contribution in [1.29, 1.82) is 0 Å². The second-order valence-corrected chi connectivity index (χ2v) is 4.81. The summed E-state index contributed by atoms with van der Waals surface area (Å²) in [4.78, 5) is 26.5. The Hall–Kier alpha value is -1.62. The Kier molecular flexibility index (Phi) is 2.78. The van der Waals surface area contributed by atoms with E-state index in [0.717, 1.165) is 4.88 Å². The molecule has 4 nitrogen and oxygen atoms in total. The molecule has 3 amide bonds. The number of hydrogen-bond donors (Lipinski definition) is 1. The number of thiophene rings is 1. The van der Waals surface area contributed by atoms with Crippen molar-refractivity contribution in [3.05, 3.63) is 27.6 Å². The minimum Gasteiger partial charge on any atom is -0.303 e. The Bertz CT molecular complexity index is 476. The van der Waals surface area contributed by atoms with E-state index in [9.17, 15) is 9.59 Å². The number of hydrogen-bond acceptors (Lipinski definition) is 3. The number of rotatable bonds is 2. The van der Waals surface area contributed by atoms with Gasteiger partial charge in [0.05, 0.1) is 0 Å². The monoisotopic (exact) mass is 236 g/mol. The lowest BCUT2D eigenvalue weighted by Gasteiger charge is -2.05. The van der Waals surface area contributed by atoms with E-state index in [1.54, 1.807) is 24.3 Å². The maximum atomic E-state index is 11.7. The van der Waals surface area contributed by atoms with Crippen LogP contribution in [0.5, 0.6) is 0 Å². The minimum absolute atomic E-state index is 0.251. The van der Waals surface area contributed by atoms with Crippen LogP contribution < -0.4 is 5.32 Å². The van der Waals surface area contributed by atoms with Gasteiger partial charge in [-0.15, -0.1) is 11.3 Å². The van der Waals surface area contributed by atoms with Crippen LogP contribution in [0.4, 0.5) is 4.79 Å². The van der Waals surface area contributed by atoms with Gasteiger partial charge in [-0.2, -0.15) is 0 Å². The van der Waals surface area contributed by atoms with Crippen molar-refractivity contribution in [2.24, 2.45) is 0 Å². The molecule has 2 rings (SSSR count). The molecule has 0 saturated carbocycles. The van der Waals surface area contributed by atoms with E-state index in [0.29, 0.717) is 12.2 Å². The molecule has 2 heterocycles. The predicted molar refractivity (Wildman–Crippen MR) is 63.0 cm³/mol. The zero-order chi connectivity index (χ0) is 11.7. The summed E-state index contributed by atoms with van der Waals surface area (Å²) in [6.07, 6.45) is 1.72. The largest absolute Gasteiger partial charge is 0.328 e. The van der Waals surface area contributed by atoms with E-state index in [1.165, 1.54) is 9.78 Å². The Morgan fingerprint density at radius 3 is 2.69 bits per heavy atom. The number of amides is 3. The van der Waals surface area contributed by atoms with Crippen LogP contribution in [0.25, 0.3) is 6.08 Å². The highest BCUT2D eigenvalue weighted by Gasteiger charge is 2.31. The molecule has 1 aromatic heterocycles. The predicted octanol–water partition coefficient (Wildman–Crippen LogP) is 1.97. The lowest BCUT2D eigenvalue weighted by Crippen LogP contribution is -2.30. The summed E-state index contributed by atoms with van der Waals surface area (Å²) in [5.41, 5.74) is 0.355. The molecular formula is C11H12N2O2S. The van der Waals surface area contributed by atoms with E-state index in [1.807, 2.05) is 19.1 Å². The third-order valence-electron chi connectivity index (χ3n) is 2.33. The van der Waals surface area contributed by atoms with Crippen LogP contribution >= 0.6 is 11.3 Å². The van der Waals surface area contributed by atoms with Gasteiger partial charge in [0, 0.05) is 16.3 Å². The molecule has 1 aliphatic heterocycles. The molecule has 1 saturated heterocycles. The Labute approximate surface area is 97.6 Å². The molecule has 1 aromatic rings. The van der Waals surface area contributed by atoms with Gasteiger partial charge in [0.2, 0.25) is 0 Å². The third kappa shape index (κ3) is 1.86. The topological polar surface area (TPSA) is 49.4 Å². The highest BCUT2D eigenvalue weighted by molar-refractivity contribution is 7.12. The number of carbonyl (C=O) groups is 2. The summed E-state index contributed by atoms with van der Waals surface area (Å²) in [6, 6.07) is 3.57. The van der Waals surface area contributed by atoms with E-state index in [2.05, 4.69) is 5.32 Å². The van der Waals surface area contributed by atoms with Crippen LogP contribution in [0.15, 0.2) is 17.8 Å².